The Labute approximate surface area is 157 Å². The standard InChI is InChI=1S/C20H21ClN2O3/c1-26-16-10-8-15(9-11-16)22-20(25)18-7-4-12-23(18)19(24)13-14-5-2-3-6-17(14)21/h2-3,5-6,8-11,18H,4,7,12-13H2,1H3,(H,22,25)/t18-/m0/s1. The van der Waals surface area contributed by atoms with Crippen LogP contribution in [0.15, 0.2) is 48.5 Å². The van der Waals surface area contributed by atoms with Crippen LogP contribution in [0.1, 0.15) is 18.4 Å². The SMILES string of the molecule is COc1ccc(NC(=O)[C@@H]2CCCN2C(=O)Cc2ccccc2Cl)cc1. The van der Waals surface area contributed by atoms with Gasteiger partial charge in [-0.15, -0.1) is 0 Å². The van der Waals surface area contributed by atoms with E-state index >= 15 is 0 Å². The van der Waals surface area contributed by atoms with Crippen molar-refractivity contribution in [2.24, 2.45) is 0 Å². The summed E-state index contributed by atoms with van der Waals surface area (Å²) < 4.78 is 5.11. The number of likely N-dealkylation sites (tertiary alicyclic amines) is 1. The van der Waals surface area contributed by atoms with E-state index in [-0.39, 0.29) is 18.2 Å². The van der Waals surface area contributed by atoms with Gasteiger partial charge in [-0.2, -0.15) is 0 Å². The number of ether oxygens (including phenoxy) is 1. The van der Waals surface area contributed by atoms with Gasteiger partial charge in [-0.05, 0) is 48.7 Å². The second-order valence-electron chi connectivity index (χ2n) is 6.23. The van der Waals surface area contributed by atoms with Crippen molar-refractivity contribution in [2.75, 3.05) is 19.0 Å². The third-order valence-corrected chi connectivity index (χ3v) is 4.90. The first-order valence-corrected chi connectivity index (χ1v) is 8.94. The van der Waals surface area contributed by atoms with Gasteiger partial charge in [-0.25, -0.2) is 0 Å². The number of benzene rings is 2. The molecule has 0 aromatic heterocycles. The summed E-state index contributed by atoms with van der Waals surface area (Å²) in [4.78, 5) is 27.0. The van der Waals surface area contributed by atoms with Gasteiger partial charge in [0.2, 0.25) is 11.8 Å². The Balaban J connectivity index is 1.65. The van der Waals surface area contributed by atoms with Crippen LogP contribution in [0.4, 0.5) is 5.69 Å². The molecule has 5 nitrogen and oxygen atoms in total. The number of nitrogens with zero attached hydrogens (tertiary/aromatic N) is 1. The van der Waals surface area contributed by atoms with Crippen LogP contribution < -0.4 is 10.1 Å². The molecule has 1 heterocycles. The molecule has 1 fully saturated rings. The topological polar surface area (TPSA) is 58.6 Å². The number of carbonyl (C=O) groups excluding carboxylic acids is 2. The molecular weight excluding hydrogens is 352 g/mol. The molecule has 0 aliphatic carbocycles. The third-order valence-electron chi connectivity index (χ3n) is 4.53. The number of anilines is 1. The summed E-state index contributed by atoms with van der Waals surface area (Å²) in [6.07, 6.45) is 1.68. The highest BCUT2D eigenvalue weighted by Crippen LogP contribution is 2.23. The average Bonchev–Trinajstić information content (AvgIpc) is 3.14. The highest BCUT2D eigenvalue weighted by Gasteiger charge is 2.34. The second-order valence-corrected chi connectivity index (χ2v) is 6.64. The molecule has 0 saturated carbocycles. The first kappa shape index (κ1) is 18.3. The zero-order chi connectivity index (χ0) is 18.5. The lowest BCUT2D eigenvalue weighted by Crippen LogP contribution is -2.43. The third kappa shape index (κ3) is 4.17. The summed E-state index contributed by atoms with van der Waals surface area (Å²) in [5.74, 6) is 0.478. The van der Waals surface area contributed by atoms with Gasteiger partial charge in [-0.3, -0.25) is 9.59 Å². The van der Waals surface area contributed by atoms with Gasteiger partial charge in [0.1, 0.15) is 11.8 Å². The van der Waals surface area contributed by atoms with Gasteiger partial charge in [0.05, 0.1) is 13.5 Å². The minimum Gasteiger partial charge on any atom is -0.497 e. The number of halogens is 1. The van der Waals surface area contributed by atoms with Crippen molar-refractivity contribution in [2.45, 2.75) is 25.3 Å². The van der Waals surface area contributed by atoms with Gasteiger partial charge in [0, 0.05) is 17.3 Å². The van der Waals surface area contributed by atoms with Gasteiger partial charge in [0.15, 0.2) is 0 Å². The molecule has 1 atom stereocenters. The molecule has 1 saturated heterocycles. The first-order chi connectivity index (χ1) is 12.6. The molecule has 0 unspecified atom stereocenters. The molecule has 26 heavy (non-hydrogen) atoms. The summed E-state index contributed by atoms with van der Waals surface area (Å²) >= 11 is 6.15. The number of hydrogen-bond donors (Lipinski definition) is 1. The predicted octanol–water partition coefficient (Wildman–Crippen LogP) is 3.52. The van der Waals surface area contributed by atoms with Crippen molar-refractivity contribution >= 4 is 29.1 Å². The Morgan fingerprint density at radius 2 is 1.92 bits per heavy atom. The summed E-state index contributed by atoms with van der Waals surface area (Å²) in [6, 6.07) is 14.0. The predicted molar refractivity (Wildman–Crippen MR) is 102 cm³/mol. The maximum atomic E-state index is 12.7. The van der Waals surface area contributed by atoms with Crippen LogP contribution in [-0.4, -0.2) is 36.4 Å². The minimum absolute atomic E-state index is 0.0783. The molecule has 0 radical (unpaired) electrons. The van der Waals surface area contributed by atoms with Crippen molar-refractivity contribution in [1.82, 2.24) is 4.90 Å². The van der Waals surface area contributed by atoms with Crippen molar-refractivity contribution < 1.29 is 14.3 Å². The van der Waals surface area contributed by atoms with E-state index in [9.17, 15) is 9.59 Å². The van der Waals surface area contributed by atoms with Crippen molar-refractivity contribution in [3.63, 3.8) is 0 Å². The van der Waals surface area contributed by atoms with Crippen molar-refractivity contribution in [3.05, 3.63) is 59.1 Å². The normalized spacial score (nSPS) is 16.4. The fourth-order valence-electron chi connectivity index (χ4n) is 3.14. The largest absolute Gasteiger partial charge is 0.497 e. The summed E-state index contributed by atoms with van der Waals surface area (Å²) in [5, 5.41) is 3.45. The molecule has 2 amide bonds. The summed E-state index contributed by atoms with van der Waals surface area (Å²) in [7, 11) is 1.59. The number of amides is 2. The smallest absolute Gasteiger partial charge is 0.247 e. The van der Waals surface area contributed by atoms with E-state index in [2.05, 4.69) is 5.32 Å². The number of carbonyl (C=O) groups is 2. The van der Waals surface area contributed by atoms with Gasteiger partial charge >= 0.3 is 0 Å². The van der Waals surface area contributed by atoms with Crippen LogP contribution in [0.2, 0.25) is 5.02 Å². The first-order valence-electron chi connectivity index (χ1n) is 8.56. The van der Waals surface area contributed by atoms with E-state index < -0.39 is 6.04 Å². The van der Waals surface area contributed by atoms with Gasteiger partial charge in [-0.1, -0.05) is 29.8 Å². The number of methoxy groups -OCH3 is 1. The highest BCUT2D eigenvalue weighted by molar-refractivity contribution is 6.31. The molecular formula is C20H21ClN2O3. The average molecular weight is 373 g/mol. The summed E-state index contributed by atoms with van der Waals surface area (Å²) in [5.41, 5.74) is 1.46. The molecule has 3 rings (SSSR count). The Morgan fingerprint density at radius 1 is 1.19 bits per heavy atom. The highest BCUT2D eigenvalue weighted by atomic mass is 35.5. The molecule has 1 aliphatic rings. The fourth-order valence-corrected chi connectivity index (χ4v) is 3.35. The lowest BCUT2D eigenvalue weighted by molar-refractivity contribution is -0.136. The lowest BCUT2D eigenvalue weighted by Gasteiger charge is -2.24. The number of nitrogens with one attached hydrogen (secondary N) is 1. The molecule has 0 spiro atoms. The van der Waals surface area contributed by atoms with E-state index in [0.29, 0.717) is 23.7 Å². The van der Waals surface area contributed by atoms with Crippen LogP contribution in [0.5, 0.6) is 5.75 Å². The Hall–Kier alpha value is -2.53. The minimum atomic E-state index is -0.452. The van der Waals surface area contributed by atoms with E-state index in [1.54, 1.807) is 42.3 Å². The zero-order valence-electron chi connectivity index (χ0n) is 14.6. The van der Waals surface area contributed by atoms with Crippen molar-refractivity contribution in [3.8, 4) is 5.75 Å². The van der Waals surface area contributed by atoms with Gasteiger partial charge < -0.3 is 15.0 Å². The van der Waals surface area contributed by atoms with Gasteiger partial charge in [0.25, 0.3) is 0 Å². The summed E-state index contributed by atoms with van der Waals surface area (Å²) in [6.45, 7) is 0.587. The zero-order valence-corrected chi connectivity index (χ0v) is 15.3. The maximum absolute atomic E-state index is 12.7. The molecule has 2 aromatic carbocycles. The molecule has 1 aliphatic heterocycles. The van der Waals surface area contributed by atoms with E-state index in [4.69, 9.17) is 16.3 Å². The molecule has 136 valence electrons. The fraction of sp³-hybridized carbons (Fsp3) is 0.300. The molecule has 6 heteroatoms. The quantitative estimate of drug-likeness (QED) is 0.873. The Morgan fingerprint density at radius 3 is 2.62 bits per heavy atom. The Bertz CT molecular complexity index is 792. The van der Waals surface area contributed by atoms with Crippen LogP contribution in [0.25, 0.3) is 0 Å². The van der Waals surface area contributed by atoms with Crippen LogP contribution in [-0.2, 0) is 16.0 Å². The second kappa shape index (κ2) is 8.23. The monoisotopic (exact) mass is 372 g/mol. The molecule has 2 aromatic rings. The van der Waals surface area contributed by atoms with E-state index in [0.717, 1.165) is 17.7 Å². The van der Waals surface area contributed by atoms with Crippen LogP contribution >= 0.6 is 11.6 Å². The Kier molecular flexibility index (Phi) is 5.78. The maximum Gasteiger partial charge on any atom is 0.247 e. The van der Waals surface area contributed by atoms with E-state index in [1.165, 1.54) is 0 Å². The lowest BCUT2D eigenvalue weighted by atomic mass is 10.1. The number of rotatable bonds is 5. The van der Waals surface area contributed by atoms with Crippen molar-refractivity contribution in [1.29, 1.82) is 0 Å². The van der Waals surface area contributed by atoms with Crippen LogP contribution in [0.3, 0.4) is 0 Å². The van der Waals surface area contributed by atoms with E-state index in [1.807, 2.05) is 18.2 Å². The molecule has 0 bridgehead atoms. The molecule has 1 N–H and O–H groups in total. The van der Waals surface area contributed by atoms with Crippen LogP contribution in [0, 0.1) is 0 Å². The number of hydrogen-bond acceptors (Lipinski definition) is 3.